The van der Waals surface area contributed by atoms with Crippen molar-refractivity contribution in [2.45, 2.75) is 61.4 Å². The van der Waals surface area contributed by atoms with Gasteiger partial charge in [0.1, 0.15) is 6.10 Å². The maximum absolute atomic E-state index is 12.3. The van der Waals surface area contributed by atoms with Crippen molar-refractivity contribution >= 4 is 45.2 Å². The van der Waals surface area contributed by atoms with Crippen molar-refractivity contribution in [3.8, 4) is 0 Å². The van der Waals surface area contributed by atoms with E-state index in [0.29, 0.717) is 24.8 Å². The number of allylic oxidation sites excluding steroid dienone is 3. The van der Waals surface area contributed by atoms with Crippen LogP contribution in [0.4, 0.5) is 0 Å². The summed E-state index contributed by atoms with van der Waals surface area (Å²) < 4.78 is 10.8. The van der Waals surface area contributed by atoms with Gasteiger partial charge >= 0.3 is 0 Å². The lowest BCUT2D eigenvalue weighted by Gasteiger charge is -2.16. The zero-order valence-electron chi connectivity index (χ0n) is 19.9. The second-order valence-corrected chi connectivity index (χ2v) is 11.4. The average Bonchev–Trinajstić information content (AvgIpc) is 3.54. The maximum Gasteiger partial charge on any atom is 0.233 e. The van der Waals surface area contributed by atoms with Crippen molar-refractivity contribution in [2.75, 3.05) is 33.3 Å². The Labute approximate surface area is 213 Å². The molecule has 0 aromatic heterocycles. The molecule has 0 spiro atoms. The number of nitrogens with one attached hydrogen (secondary N) is 1. The molecule has 3 N–H and O–H groups in total. The van der Waals surface area contributed by atoms with Crippen molar-refractivity contribution in [3.05, 3.63) is 24.5 Å². The SMILES string of the molecule is COC1CC(=O)N(C(=O)CCNC2CC(CC=CC=COC3CC(=O)N(C(=O)CCN)C3)SS2)C1. The van der Waals surface area contributed by atoms with Crippen LogP contribution in [0.2, 0.25) is 0 Å². The lowest BCUT2D eigenvalue weighted by atomic mass is 10.2. The monoisotopic (exact) mass is 526 g/mol. The first-order valence-electron chi connectivity index (χ1n) is 11.8. The fourth-order valence-corrected chi connectivity index (χ4v) is 7.20. The second-order valence-electron chi connectivity index (χ2n) is 8.59. The van der Waals surface area contributed by atoms with Gasteiger partial charge in [-0.2, -0.15) is 0 Å². The molecule has 0 aromatic rings. The number of likely N-dealkylation sites (tertiary alicyclic amines) is 2. The standard InChI is InChI=1S/C23H34N4O6S2/c1-32-16-11-22(30)26(14-16)21(29)7-9-25-19-13-18(34-35-19)5-3-2-4-10-33-17-12-23(31)27(15-17)20(28)6-8-24/h2-4,10,16-19,25H,5-9,11-15,24H2,1H3. The van der Waals surface area contributed by atoms with Gasteiger partial charge in [0.15, 0.2) is 0 Å². The molecule has 3 saturated heterocycles. The molecule has 3 rings (SSSR count). The molecule has 0 aromatic carbocycles. The van der Waals surface area contributed by atoms with Crippen LogP contribution in [0.1, 0.15) is 38.5 Å². The van der Waals surface area contributed by atoms with E-state index in [2.05, 4.69) is 11.4 Å². The van der Waals surface area contributed by atoms with Crippen LogP contribution in [-0.4, -0.2) is 89.5 Å². The molecule has 3 heterocycles. The first-order valence-corrected chi connectivity index (χ1v) is 14.1. The lowest BCUT2D eigenvalue weighted by Crippen LogP contribution is -2.36. The van der Waals surface area contributed by atoms with Gasteiger partial charge in [-0.05, 0) is 18.9 Å². The van der Waals surface area contributed by atoms with Gasteiger partial charge in [0.25, 0.3) is 0 Å². The molecule has 4 unspecified atom stereocenters. The Morgan fingerprint density at radius 3 is 2.43 bits per heavy atom. The molecule has 35 heavy (non-hydrogen) atoms. The largest absolute Gasteiger partial charge is 0.496 e. The number of carbonyl (C=O) groups is 4. The Morgan fingerprint density at radius 1 is 1.06 bits per heavy atom. The minimum absolute atomic E-state index is 0.150. The third-order valence-corrected chi connectivity index (χ3v) is 9.17. The van der Waals surface area contributed by atoms with Crippen molar-refractivity contribution in [2.24, 2.45) is 5.73 Å². The highest BCUT2D eigenvalue weighted by Crippen LogP contribution is 2.43. The normalized spacial score (nSPS) is 27.1. The van der Waals surface area contributed by atoms with Gasteiger partial charge in [-0.25, -0.2) is 0 Å². The van der Waals surface area contributed by atoms with Gasteiger partial charge in [-0.1, -0.05) is 33.7 Å². The molecule has 0 saturated carbocycles. The van der Waals surface area contributed by atoms with Crippen LogP contribution in [0.15, 0.2) is 24.5 Å². The quantitative estimate of drug-likeness (QED) is 0.217. The minimum Gasteiger partial charge on any atom is -0.496 e. The van der Waals surface area contributed by atoms with E-state index in [1.54, 1.807) is 30.2 Å². The fraction of sp³-hybridized carbons (Fsp3) is 0.652. The van der Waals surface area contributed by atoms with Crippen molar-refractivity contribution in [1.82, 2.24) is 15.1 Å². The third-order valence-electron chi connectivity index (χ3n) is 5.96. The molecule has 0 bridgehead atoms. The molecule has 0 aliphatic carbocycles. The summed E-state index contributed by atoms with van der Waals surface area (Å²) in [6.07, 6.45) is 9.65. The molecule has 3 aliphatic rings. The van der Waals surface area contributed by atoms with E-state index in [1.165, 1.54) is 9.80 Å². The fourth-order valence-electron chi connectivity index (χ4n) is 4.04. The first kappa shape index (κ1) is 27.7. The maximum atomic E-state index is 12.3. The van der Waals surface area contributed by atoms with E-state index < -0.39 is 0 Å². The topological polar surface area (TPSA) is 131 Å². The highest BCUT2D eigenvalue weighted by molar-refractivity contribution is 8.77. The number of hydrogen-bond acceptors (Lipinski definition) is 10. The summed E-state index contributed by atoms with van der Waals surface area (Å²) in [7, 11) is 5.16. The minimum atomic E-state index is -0.320. The predicted molar refractivity (Wildman–Crippen MR) is 135 cm³/mol. The van der Waals surface area contributed by atoms with Crippen LogP contribution in [0.3, 0.4) is 0 Å². The molecular formula is C23H34N4O6S2. The summed E-state index contributed by atoms with van der Waals surface area (Å²) in [4.78, 5) is 50.5. The van der Waals surface area contributed by atoms with E-state index in [-0.39, 0.29) is 73.6 Å². The van der Waals surface area contributed by atoms with Crippen molar-refractivity contribution in [3.63, 3.8) is 0 Å². The molecule has 10 nitrogen and oxygen atoms in total. The van der Waals surface area contributed by atoms with E-state index >= 15 is 0 Å². The smallest absolute Gasteiger partial charge is 0.233 e. The number of rotatable bonds is 12. The summed E-state index contributed by atoms with van der Waals surface area (Å²) >= 11 is 0. The number of ether oxygens (including phenoxy) is 2. The Balaban J connectivity index is 1.26. The van der Waals surface area contributed by atoms with Crippen LogP contribution in [0.25, 0.3) is 0 Å². The highest BCUT2D eigenvalue weighted by atomic mass is 33.1. The van der Waals surface area contributed by atoms with E-state index in [4.69, 9.17) is 15.2 Å². The van der Waals surface area contributed by atoms with Gasteiger partial charge < -0.3 is 20.5 Å². The van der Waals surface area contributed by atoms with Crippen molar-refractivity contribution in [1.29, 1.82) is 0 Å². The number of hydrogen-bond donors (Lipinski definition) is 2. The van der Waals surface area contributed by atoms with Crippen LogP contribution in [0, 0.1) is 0 Å². The number of nitrogens with zero attached hydrogens (tertiary/aromatic N) is 2. The van der Waals surface area contributed by atoms with Crippen molar-refractivity contribution < 1.29 is 28.7 Å². The molecule has 3 fully saturated rings. The Bertz CT molecular complexity index is 839. The van der Waals surface area contributed by atoms with Gasteiger partial charge in [0, 0.05) is 38.3 Å². The number of imide groups is 2. The summed E-state index contributed by atoms with van der Waals surface area (Å²) in [6, 6.07) is 0. The number of amides is 4. The van der Waals surface area contributed by atoms with Gasteiger partial charge in [0.05, 0.1) is 43.7 Å². The highest BCUT2D eigenvalue weighted by Gasteiger charge is 2.35. The Morgan fingerprint density at radius 2 is 1.74 bits per heavy atom. The Kier molecular flexibility index (Phi) is 11.1. The lowest BCUT2D eigenvalue weighted by molar-refractivity contribution is -0.143. The molecule has 12 heteroatoms. The number of nitrogens with two attached hydrogens (primary N) is 1. The molecule has 194 valence electrons. The van der Waals surface area contributed by atoms with Crippen LogP contribution in [0.5, 0.6) is 0 Å². The van der Waals surface area contributed by atoms with E-state index in [1.807, 2.05) is 16.9 Å². The molecular weight excluding hydrogens is 492 g/mol. The van der Waals surface area contributed by atoms with Gasteiger partial charge in [-0.3, -0.25) is 29.0 Å². The molecule has 4 amide bonds. The van der Waals surface area contributed by atoms with Gasteiger partial charge in [0.2, 0.25) is 23.6 Å². The van der Waals surface area contributed by atoms with Crippen LogP contribution >= 0.6 is 21.6 Å². The number of carbonyl (C=O) groups excluding carboxylic acids is 4. The summed E-state index contributed by atoms with van der Waals surface area (Å²) in [5, 5.41) is 4.14. The average molecular weight is 527 g/mol. The molecule has 0 radical (unpaired) electrons. The Hall–Kier alpha value is -1.86. The molecule has 3 aliphatic heterocycles. The second kappa shape index (κ2) is 14.0. The zero-order valence-corrected chi connectivity index (χ0v) is 21.6. The summed E-state index contributed by atoms with van der Waals surface area (Å²) in [5.41, 5.74) is 5.38. The summed E-state index contributed by atoms with van der Waals surface area (Å²) in [5.74, 6) is -0.774. The van der Waals surface area contributed by atoms with Crippen LogP contribution < -0.4 is 11.1 Å². The van der Waals surface area contributed by atoms with E-state index in [0.717, 1.165) is 12.8 Å². The zero-order chi connectivity index (χ0) is 25.2. The predicted octanol–water partition coefficient (Wildman–Crippen LogP) is 1.17. The number of methoxy groups -OCH3 is 1. The molecule has 4 atom stereocenters. The third kappa shape index (κ3) is 8.35. The van der Waals surface area contributed by atoms with Crippen LogP contribution in [-0.2, 0) is 28.7 Å². The van der Waals surface area contributed by atoms with E-state index in [9.17, 15) is 19.2 Å². The summed E-state index contributed by atoms with van der Waals surface area (Å²) in [6.45, 7) is 1.38. The van der Waals surface area contributed by atoms with Gasteiger partial charge in [-0.15, -0.1) is 0 Å². The first-order chi connectivity index (χ1) is 16.9.